The molecule has 8 nitrogen and oxygen atoms in total. The molecular weight excluding hydrogens is 320 g/mol. The highest BCUT2D eigenvalue weighted by molar-refractivity contribution is 5.95. The molecule has 24 heavy (non-hydrogen) atoms. The van der Waals surface area contributed by atoms with Gasteiger partial charge in [0.1, 0.15) is 0 Å². The normalized spacial score (nSPS) is 16.2. The van der Waals surface area contributed by atoms with Gasteiger partial charge in [-0.1, -0.05) is 0 Å². The Labute approximate surface area is 139 Å². The fourth-order valence-electron chi connectivity index (χ4n) is 2.61. The molecule has 0 fully saturated rings. The summed E-state index contributed by atoms with van der Waals surface area (Å²) >= 11 is 0. The first kappa shape index (κ1) is 20.0. The molecule has 0 saturated heterocycles. The first-order valence-corrected chi connectivity index (χ1v) is 7.36. The molecule has 4 N–H and O–H groups in total. The minimum atomic E-state index is -1.27. The Morgan fingerprint density at radius 1 is 0.792 bits per heavy atom. The van der Waals surface area contributed by atoms with E-state index in [0.29, 0.717) is 0 Å². The highest BCUT2D eigenvalue weighted by Crippen LogP contribution is 2.35. The van der Waals surface area contributed by atoms with Gasteiger partial charge >= 0.3 is 11.9 Å². The van der Waals surface area contributed by atoms with E-state index in [1.807, 2.05) is 0 Å². The van der Waals surface area contributed by atoms with Crippen LogP contribution in [0.5, 0.6) is 0 Å². The molecule has 0 spiro atoms. The molecule has 1 aromatic rings. The lowest BCUT2D eigenvalue weighted by Crippen LogP contribution is -2.21. The van der Waals surface area contributed by atoms with Crippen molar-refractivity contribution in [1.82, 2.24) is 0 Å². The maximum Gasteiger partial charge on any atom is 0.336 e. The van der Waals surface area contributed by atoms with Crippen molar-refractivity contribution < 1.29 is 39.5 Å². The number of carboxylic acid groups (broad SMARTS) is 2. The second-order valence-electron chi connectivity index (χ2n) is 5.35. The summed E-state index contributed by atoms with van der Waals surface area (Å²) in [5.74, 6) is -2.54. The third-order valence-corrected chi connectivity index (χ3v) is 3.36. The van der Waals surface area contributed by atoms with Gasteiger partial charge in [-0.15, -0.1) is 0 Å². The van der Waals surface area contributed by atoms with E-state index in [4.69, 9.17) is 9.47 Å². The first-order valence-electron chi connectivity index (χ1n) is 7.36. The molecule has 0 bridgehead atoms. The number of benzene rings is 1. The Hall–Kier alpha value is -2.00. The third-order valence-electron chi connectivity index (χ3n) is 3.36. The minimum absolute atomic E-state index is 0.0800. The van der Waals surface area contributed by atoms with Crippen LogP contribution in [0.4, 0.5) is 0 Å². The number of hydrogen-bond acceptors (Lipinski definition) is 6. The fourth-order valence-corrected chi connectivity index (χ4v) is 2.61. The second kappa shape index (κ2) is 8.20. The average molecular weight is 342 g/mol. The molecule has 0 aliphatic rings. The summed E-state index contributed by atoms with van der Waals surface area (Å²) < 4.78 is 10.5. The van der Waals surface area contributed by atoms with Gasteiger partial charge in [0.2, 0.25) is 0 Å². The Morgan fingerprint density at radius 3 is 1.29 bits per heavy atom. The standard InChI is InChI=1S/C16H22O8/c1-7(23-9(3)17)13-11(15(19)20)5-6-12(16(21)22)14(13)8(2)24-10(4)18/h5-10,17-18H,1-4H3,(H,19,20)(H,21,22). The fraction of sp³-hybridized carbons (Fsp3) is 0.500. The summed E-state index contributed by atoms with van der Waals surface area (Å²) in [5.41, 5.74) is -0.165. The zero-order valence-electron chi connectivity index (χ0n) is 13.9. The summed E-state index contributed by atoms with van der Waals surface area (Å²) in [6.07, 6.45) is -4.19. The van der Waals surface area contributed by atoms with Crippen LogP contribution in [0, 0.1) is 0 Å². The molecule has 134 valence electrons. The summed E-state index contributed by atoms with van der Waals surface area (Å²) in [4.78, 5) is 23.1. The van der Waals surface area contributed by atoms with Gasteiger partial charge in [-0.2, -0.15) is 0 Å². The van der Waals surface area contributed by atoms with Gasteiger partial charge in [-0.3, -0.25) is 0 Å². The number of ether oxygens (including phenoxy) is 2. The number of aromatic carboxylic acids is 2. The molecule has 0 saturated carbocycles. The Kier molecular flexibility index (Phi) is 6.85. The van der Waals surface area contributed by atoms with Gasteiger partial charge in [0.05, 0.1) is 23.3 Å². The Morgan fingerprint density at radius 2 is 1.08 bits per heavy atom. The number of aliphatic hydroxyl groups is 2. The summed E-state index contributed by atoms with van der Waals surface area (Å²) in [6.45, 7) is 5.71. The summed E-state index contributed by atoms with van der Waals surface area (Å²) in [5, 5.41) is 37.6. The van der Waals surface area contributed by atoms with Crippen LogP contribution in [0.1, 0.15) is 71.7 Å². The van der Waals surface area contributed by atoms with E-state index in [1.54, 1.807) is 0 Å². The average Bonchev–Trinajstić information content (AvgIpc) is 2.43. The number of rotatable bonds is 8. The molecule has 1 aromatic carbocycles. The maximum absolute atomic E-state index is 11.5. The van der Waals surface area contributed by atoms with Crippen molar-refractivity contribution in [3.8, 4) is 0 Å². The van der Waals surface area contributed by atoms with Crippen LogP contribution < -0.4 is 0 Å². The molecule has 1 rings (SSSR count). The van der Waals surface area contributed by atoms with Crippen molar-refractivity contribution in [2.75, 3.05) is 0 Å². The lowest BCUT2D eigenvalue weighted by atomic mass is 9.89. The first-order chi connectivity index (χ1) is 11.1. The van der Waals surface area contributed by atoms with E-state index in [2.05, 4.69) is 0 Å². The van der Waals surface area contributed by atoms with E-state index < -0.39 is 36.7 Å². The predicted octanol–water partition coefficient (Wildman–Crippen LogP) is 1.91. The van der Waals surface area contributed by atoms with E-state index in [0.717, 1.165) is 0 Å². The van der Waals surface area contributed by atoms with Gasteiger partial charge in [-0.25, -0.2) is 9.59 Å². The molecule has 4 atom stereocenters. The summed E-state index contributed by atoms with van der Waals surface area (Å²) in [6, 6.07) is 2.34. The van der Waals surface area contributed by atoms with Crippen molar-refractivity contribution in [2.24, 2.45) is 0 Å². The van der Waals surface area contributed by atoms with Crippen LogP contribution in [0.25, 0.3) is 0 Å². The number of carbonyl (C=O) groups is 2. The van der Waals surface area contributed by atoms with Crippen molar-refractivity contribution in [1.29, 1.82) is 0 Å². The van der Waals surface area contributed by atoms with Gasteiger partial charge in [0, 0.05) is 11.1 Å². The van der Waals surface area contributed by atoms with E-state index in [1.165, 1.54) is 39.8 Å². The molecule has 0 radical (unpaired) electrons. The third kappa shape index (κ3) is 4.75. The highest BCUT2D eigenvalue weighted by Gasteiger charge is 2.29. The monoisotopic (exact) mass is 342 g/mol. The minimum Gasteiger partial charge on any atom is -0.478 e. The SMILES string of the molecule is CC(O)OC(C)c1c(C(=O)O)ccc(C(=O)O)c1C(C)OC(C)O. The van der Waals surface area contributed by atoms with E-state index >= 15 is 0 Å². The van der Waals surface area contributed by atoms with Gasteiger partial charge in [-0.05, 0) is 39.8 Å². The Bertz CT molecular complexity index is 555. The highest BCUT2D eigenvalue weighted by atomic mass is 16.6. The molecular formula is C16H22O8. The van der Waals surface area contributed by atoms with Crippen LogP contribution in [0.3, 0.4) is 0 Å². The van der Waals surface area contributed by atoms with Crippen LogP contribution in [0.2, 0.25) is 0 Å². The van der Waals surface area contributed by atoms with Crippen molar-refractivity contribution in [2.45, 2.75) is 52.5 Å². The Balaban J connectivity index is 3.65. The number of aliphatic hydroxyl groups excluding tert-OH is 2. The lowest BCUT2D eigenvalue weighted by molar-refractivity contribution is -0.128. The van der Waals surface area contributed by atoms with E-state index in [-0.39, 0.29) is 22.3 Å². The van der Waals surface area contributed by atoms with Crippen LogP contribution in [-0.2, 0) is 9.47 Å². The van der Waals surface area contributed by atoms with Gasteiger partial charge in [0.25, 0.3) is 0 Å². The second-order valence-corrected chi connectivity index (χ2v) is 5.35. The smallest absolute Gasteiger partial charge is 0.336 e. The van der Waals surface area contributed by atoms with Crippen LogP contribution >= 0.6 is 0 Å². The zero-order chi connectivity index (χ0) is 18.6. The molecule has 0 heterocycles. The lowest BCUT2D eigenvalue weighted by Gasteiger charge is -2.26. The largest absolute Gasteiger partial charge is 0.478 e. The maximum atomic E-state index is 11.5. The molecule has 0 aliphatic heterocycles. The molecule has 0 aliphatic carbocycles. The topological polar surface area (TPSA) is 134 Å². The molecule has 0 amide bonds. The van der Waals surface area contributed by atoms with Crippen molar-refractivity contribution in [3.63, 3.8) is 0 Å². The molecule has 8 heteroatoms. The van der Waals surface area contributed by atoms with Crippen LogP contribution in [-0.4, -0.2) is 44.9 Å². The van der Waals surface area contributed by atoms with Gasteiger partial charge < -0.3 is 29.9 Å². The molecule has 0 aromatic heterocycles. The number of carboxylic acids is 2. The quantitative estimate of drug-likeness (QED) is 0.526. The van der Waals surface area contributed by atoms with Crippen molar-refractivity contribution >= 4 is 11.9 Å². The predicted molar refractivity (Wildman–Crippen MR) is 82.7 cm³/mol. The van der Waals surface area contributed by atoms with Crippen LogP contribution in [0.15, 0.2) is 12.1 Å². The van der Waals surface area contributed by atoms with Gasteiger partial charge in [0.15, 0.2) is 12.6 Å². The zero-order valence-corrected chi connectivity index (χ0v) is 13.9. The summed E-state index contributed by atoms with van der Waals surface area (Å²) in [7, 11) is 0. The molecule has 4 unspecified atom stereocenters. The van der Waals surface area contributed by atoms with Crippen molar-refractivity contribution in [3.05, 3.63) is 34.4 Å². The number of hydrogen-bond donors (Lipinski definition) is 4. The van der Waals surface area contributed by atoms with E-state index in [9.17, 15) is 30.0 Å².